The molecule has 0 amide bonds. The van der Waals surface area contributed by atoms with Gasteiger partial charge < -0.3 is 14.0 Å². The number of hydrogen-bond donors (Lipinski definition) is 0. The summed E-state index contributed by atoms with van der Waals surface area (Å²) in [6.07, 6.45) is 21.2. The molecule has 0 saturated carbocycles. The Kier molecular flexibility index (Phi) is 20.2. The first-order valence-electron chi connectivity index (χ1n) is 12.9. The first-order valence-corrected chi connectivity index (χ1v) is 12.9. The second-order valence-electron chi connectivity index (χ2n) is 9.13. The van der Waals surface area contributed by atoms with Crippen LogP contribution in [-0.2, 0) is 19.1 Å². The monoisotopic (exact) mass is 452 g/mol. The van der Waals surface area contributed by atoms with Crippen molar-refractivity contribution in [1.29, 1.82) is 0 Å². The molecule has 5 heteroatoms. The second kappa shape index (κ2) is 21.2. The molecule has 0 spiro atoms. The quantitative estimate of drug-likeness (QED) is 0.0782. The number of ether oxygens (including phenoxy) is 2. The van der Waals surface area contributed by atoms with Crippen molar-refractivity contribution in [3.8, 4) is 0 Å². The number of carbonyl (C=O) groups excluding carboxylic acids is 2. The van der Waals surface area contributed by atoms with Gasteiger partial charge in [0.05, 0.1) is 13.6 Å². The molecule has 0 aromatic rings. The number of rotatable bonds is 23. The van der Waals surface area contributed by atoms with E-state index in [1.165, 1.54) is 95.6 Å². The number of likely N-dealkylation sites (N-methyl/N-ethyl adjacent to an activating group) is 1. The maximum absolute atomic E-state index is 11.3. The topological polar surface area (TPSA) is 52.6 Å². The first-order chi connectivity index (χ1) is 15.5. The van der Waals surface area contributed by atoms with Gasteiger partial charge in [0.15, 0.2) is 0 Å². The van der Waals surface area contributed by atoms with E-state index >= 15 is 0 Å². The van der Waals surface area contributed by atoms with E-state index < -0.39 is 11.9 Å². The van der Waals surface area contributed by atoms with E-state index in [1.54, 1.807) is 0 Å². The van der Waals surface area contributed by atoms with Crippen molar-refractivity contribution in [2.24, 2.45) is 0 Å². The number of unbranched alkanes of at least 4 members (excludes halogenated alkanes) is 13. The van der Waals surface area contributed by atoms with Gasteiger partial charge in [-0.15, -0.1) is 0 Å². The van der Waals surface area contributed by atoms with Crippen LogP contribution in [0.1, 0.15) is 96.8 Å². The van der Waals surface area contributed by atoms with Crippen molar-refractivity contribution >= 4 is 11.9 Å². The average Bonchev–Trinajstić information content (AvgIpc) is 2.79. The van der Waals surface area contributed by atoms with Crippen LogP contribution in [-0.4, -0.2) is 56.3 Å². The summed E-state index contributed by atoms with van der Waals surface area (Å²) in [5.74, 6) is -0.794. The molecule has 5 nitrogen and oxygen atoms in total. The molecule has 0 atom stereocenters. The minimum absolute atomic E-state index is 0.343. The Bertz CT molecular complexity index is 478. The number of esters is 2. The fourth-order valence-electron chi connectivity index (χ4n) is 3.87. The van der Waals surface area contributed by atoms with Crippen LogP contribution >= 0.6 is 0 Å². The Morgan fingerprint density at radius 1 is 0.625 bits per heavy atom. The van der Waals surface area contributed by atoms with Gasteiger partial charge in [-0.2, -0.15) is 0 Å². The molecule has 186 valence electrons. The largest absolute Gasteiger partial charge is 0.457 e. The predicted molar refractivity (Wildman–Crippen MR) is 133 cm³/mol. The highest BCUT2D eigenvalue weighted by atomic mass is 16.5. The zero-order valence-electron chi connectivity index (χ0n) is 21.1. The van der Waals surface area contributed by atoms with Gasteiger partial charge >= 0.3 is 11.9 Å². The van der Waals surface area contributed by atoms with E-state index in [0.717, 1.165) is 13.0 Å². The molecule has 0 bridgehead atoms. The Hall–Kier alpha value is -1.62. The summed E-state index contributed by atoms with van der Waals surface area (Å²) < 4.78 is 11.0. The van der Waals surface area contributed by atoms with E-state index in [-0.39, 0.29) is 0 Å². The van der Waals surface area contributed by atoms with E-state index in [0.29, 0.717) is 30.8 Å². The average molecular weight is 453 g/mol. The number of quaternary nitrogens is 1. The molecule has 0 N–H and O–H groups in total. The third-order valence-electron chi connectivity index (χ3n) is 6.14. The van der Waals surface area contributed by atoms with E-state index in [2.05, 4.69) is 27.1 Å². The Morgan fingerprint density at radius 3 is 1.31 bits per heavy atom. The smallest absolute Gasteiger partial charge is 0.330 e. The molecule has 0 rings (SSSR count). The fourth-order valence-corrected chi connectivity index (χ4v) is 3.87. The molecule has 0 heterocycles. The van der Waals surface area contributed by atoms with Gasteiger partial charge in [-0.25, -0.2) is 9.59 Å². The second-order valence-corrected chi connectivity index (χ2v) is 9.13. The van der Waals surface area contributed by atoms with Crippen molar-refractivity contribution in [3.05, 3.63) is 25.3 Å². The Morgan fingerprint density at radius 2 is 0.969 bits per heavy atom. The van der Waals surface area contributed by atoms with Crippen LogP contribution < -0.4 is 0 Å². The zero-order chi connectivity index (χ0) is 23.9. The third kappa shape index (κ3) is 19.1. The summed E-state index contributed by atoms with van der Waals surface area (Å²) in [4.78, 5) is 22.6. The van der Waals surface area contributed by atoms with Crippen LogP contribution in [0.4, 0.5) is 0 Å². The van der Waals surface area contributed by atoms with Crippen LogP contribution in [0.25, 0.3) is 0 Å². The predicted octanol–water partition coefficient (Wildman–Crippen LogP) is 6.37. The summed E-state index contributed by atoms with van der Waals surface area (Å²) in [5.41, 5.74) is 0. The highest BCUT2D eigenvalue weighted by Crippen LogP contribution is 2.14. The van der Waals surface area contributed by atoms with E-state index in [9.17, 15) is 9.59 Å². The van der Waals surface area contributed by atoms with Crippen LogP contribution in [0.2, 0.25) is 0 Å². The highest BCUT2D eigenvalue weighted by molar-refractivity contribution is 5.81. The SMILES string of the molecule is C=CC(=O)OCC[N+](C)(CCCCCCCCCCCCCCCC)CCOC(=O)C=C. The Balaban J connectivity index is 3.91. The van der Waals surface area contributed by atoms with Gasteiger partial charge in [0.1, 0.15) is 26.3 Å². The van der Waals surface area contributed by atoms with Crippen molar-refractivity contribution in [2.45, 2.75) is 96.8 Å². The molecule has 0 aliphatic carbocycles. The molecular weight excluding hydrogens is 402 g/mol. The molecule has 0 radical (unpaired) electrons. The van der Waals surface area contributed by atoms with Gasteiger partial charge in [-0.1, -0.05) is 97.1 Å². The molecule has 0 unspecified atom stereocenters. The molecular formula is C27H50NO4+. The lowest BCUT2D eigenvalue weighted by Crippen LogP contribution is -2.49. The summed E-state index contributed by atoms with van der Waals surface area (Å²) >= 11 is 0. The van der Waals surface area contributed by atoms with Gasteiger partial charge in [0, 0.05) is 12.2 Å². The minimum Gasteiger partial charge on any atom is -0.457 e. The third-order valence-corrected chi connectivity index (χ3v) is 6.14. The van der Waals surface area contributed by atoms with Gasteiger partial charge in [0.25, 0.3) is 0 Å². The summed E-state index contributed by atoms with van der Waals surface area (Å²) in [5, 5.41) is 0. The maximum atomic E-state index is 11.3. The lowest BCUT2D eigenvalue weighted by Gasteiger charge is -2.34. The van der Waals surface area contributed by atoms with E-state index in [1.807, 2.05) is 0 Å². The van der Waals surface area contributed by atoms with Crippen molar-refractivity contribution in [3.63, 3.8) is 0 Å². The van der Waals surface area contributed by atoms with Crippen LogP contribution in [0, 0.1) is 0 Å². The molecule has 0 aliphatic heterocycles. The van der Waals surface area contributed by atoms with Gasteiger partial charge in [0.2, 0.25) is 0 Å². The summed E-state index contributed by atoms with van der Waals surface area (Å²) in [7, 11) is 2.13. The molecule has 0 fully saturated rings. The lowest BCUT2D eigenvalue weighted by atomic mass is 10.0. The standard InChI is InChI=1S/C27H50NO4/c1-5-8-9-10-11-12-13-14-15-16-17-18-19-20-21-28(4,22-24-31-26(29)6-2)23-25-32-27(30)7-3/h6-7H,2-3,5,8-25H2,1,4H3/q+1. The summed E-state index contributed by atoms with van der Waals surface area (Å²) in [6.45, 7) is 12.2. The van der Waals surface area contributed by atoms with E-state index in [4.69, 9.17) is 9.47 Å². The maximum Gasteiger partial charge on any atom is 0.330 e. The summed E-state index contributed by atoms with van der Waals surface area (Å²) in [6, 6.07) is 0. The van der Waals surface area contributed by atoms with Crippen LogP contribution in [0.5, 0.6) is 0 Å². The fraction of sp³-hybridized carbons (Fsp3) is 0.778. The van der Waals surface area contributed by atoms with Crippen molar-refractivity contribution in [2.75, 3.05) is 39.9 Å². The minimum atomic E-state index is -0.397. The first kappa shape index (κ1) is 30.4. The van der Waals surface area contributed by atoms with Gasteiger partial charge in [-0.05, 0) is 12.8 Å². The van der Waals surface area contributed by atoms with Crippen molar-refractivity contribution in [1.82, 2.24) is 0 Å². The normalized spacial score (nSPS) is 11.2. The lowest BCUT2D eigenvalue weighted by molar-refractivity contribution is -0.910. The highest BCUT2D eigenvalue weighted by Gasteiger charge is 2.22. The molecule has 32 heavy (non-hydrogen) atoms. The van der Waals surface area contributed by atoms with Gasteiger partial charge in [-0.3, -0.25) is 0 Å². The molecule has 0 aromatic heterocycles. The van der Waals surface area contributed by atoms with Crippen molar-refractivity contribution < 1.29 is 23.5 Å². The molecule has 0 saturated heterocycles. The van der Waals surface area contributed by atoms with Crippen LogP contribution in [0.15, 0.2) is 25.3 Å². The zero-order valence-corrected chi connectivity index (χ0v) is 21.1. The van der Waals surface area contributed by atoms with Crippen LogP contribution in [0.3, 0.4) is 0 Å². The molecule has 0 aromatic carbocycles. The number of carbonyl (C=O) groups is 2. The number of hydrogen-bond acceptors (Lipinski definition) is 4. The Labute approximate surface area is 197 Å². The molecule has 0 aliphatic rings. The number of nitrogens with zero attached hydrogens (tertiary/aromatic N) is 1.